The normalized spacial score (nSPS) is 11.3. The van der Waals surface area contributed by atoms with Gasteiger partial charge in [0.25, 0.3) is 0 Å². The Hall–Kier alpha value is -16.7. The first-order valence-corrected chi connectivity index (χ1v) is 39.5. The van der Waals surface area contributed by atoms with Crippen LogP contribution in [0.3, 0.4) is 0 Å². The molecule has 14 aromatic carbocycles. The third kappa shape index (κ3) is 20.6. The zero-order chi connectivity index (χ0) is 81.2. The summed E-state index contributed by atoms with van der Waals surface area (Å²) in [6, 6.07) is 140. The molecule has 2 aliphatic rings. The predicted molar refractivity (Wildman–Crippen MR) is 492 cm³/mol. The highest BCUT2D eigenvalue weighted by Crippen LogP contribution is 2.32. The largest absolute Gasteiger partial charge is 0.317 e. The number of para-hydroxylation sites is 9. The van der Waals surface area contributed by atoms with Crippen LogP contribution in [-0.4, -0.2) is 52.6 Å². The lowest BCUT2D eigenvalue weighted by Gasteiger charge is -2.13. The molecule has 0 spiro atoms. The number of hydrogen-bond donors (Lipinski definition) is 4. The molecule has 15 heteroatoms. The molecule has 0 saturated heterocycles. The van der Waals surface area contributed by atoms with Gasteiger partial charge < -0.3 is 35.4 Å². The van der Waals surface area contributed by atoms with E-state index in [0.29, 0.717) is 0 Å². The fourth-order valence-electron chi connectivity index (χ4n) is 13.6. The summed E-state index contributed by atoms with van der Waals surface area (Å²) < 4.78 is 12.7. The molecular formula is C105H87N15. The average molecular weight is 1560 g/mol. The molecule has 6 aromatic heterocycles. The third-order valence-electron chi connectivity index (χ3n) is 19.3. The number of fused-ring (bicyclic) bond motifs is 4. The quantitative estimate of drug-likeness (QED) is 0.0996. The maximum absolute atomic E-state index is 4.43. The van der Waals surface area contributed by atoms with Crippen molar-refractivity contribution in [2.24, 2.45) is 0 Å². The Morgan fingerprint density at radius 1 is 0.242 bits per heavy atom. The molecule has 0 saturated carbocycles. The van der Waals surface area contributed by atoms with E-state index in [1.807, 2.05) is 283 Å². The minimum absolute atomic E-state index is 0.858. The molecule has 4 N–H and O–H groups in total. The molecule has 582 valence electrons. The summed E-state index contributed by atoms with van der Waals surface area (Å²) in [4.78, 5) is 12.8. The van der Waals surface area contributed by atoms with E-state index >= 15 is 0 Å². The number of benzene rings is 14. The number of imidazole rings is 3. The van der Waals surface area contributed by atoms with Crippen molar-refractivity contribution in [2.75, 3.05) is 0 Å². The first-order chi connectivity index (χ1) is 59.6. The fourth-order valence-corrected chi connectivity index (χ4v) is 13.6. The minimum Gasteiger partial charge on any atom is -0.317 e. The van der Waals surface area contributed by atoms with Crippen LogP contribution in [0.2, 0.25) is 0 Å². The molecule has 0 aliphatic carbocycles. The van der Waals surface area contributed by atoms with Crippen molar-refractivity contribution in [3.63, 3.8) is 0 Å². The summed E-state index contributed by atoms with van der Waals surface area (Å²) in [6.45, 7) is 0. The molecule has 8 heterocycles. The Bertz CT molecular complexity index is 5980. The summed E-state index contributed by atoms with van der Waals surface area (Å²) in [5, 5.41) is 12.1. The monoisotopic (exact) mass is 1560 g/mol. The first-order valence-electron chi connectivity index (χ1n) is 39.5. The lowest BCUT2D eigenvalue weighted by Crippen LogP contribution is -2.26. The Kier molecular flexibility index (Phi) is 27.1. The van der Waals surface area contributed by atoms with Gasteiger partial charge in [-0.15, -0.1) is 10.2 Å². The number of allylic oxidation sites excluding steroid dienone is 4. The van der Waals surface area contributed by atoms with Gasteiger partial charge in [-0.3, -0.25) is 13.7 Å². The second-order valence-corrected chi connectivity index (χ2v) is 27.1. The molecule has 0 atom stereocenters. The Balaban J connectivity index is 0.000000108. The van der Waals surface area contributed by atoms with Crippen molar-refractivity contribution in [2.45, 2.75) is 0 Å². The summed E-state index contributed by atoms with van der Waals surface area (Å²) in [5.41, 5.74) is 30.5. The topological polar surface area (TPSA) is 142 Å². The van der Waals surface area contributed by atoms with Crippen LogP contribution in [0.25, 0.3) is 112 Å². The number of rotatable bonds is 11. The van der Waals surface area contributed by atoms with E-state index in [2.05, 4.69) is 278 Å². The highest BCUT2D eigenvalue weighted by molar-refractivity contribution is 6.09. The maximum atomic E-state index is 4.43. The van der Waals surface area contributed by atoms with Gasteiger partial charge in [0, 0.05) is 117 Å². The van der Waals surface area contributed by atoms with Gasteiger partial charge in [-0.2, -0.15) is 0 Å². The minimum atomic E-state index is 0.858. The number of nitrogens with one attached hydrogen (secondary N) is 4. The van der Waals surface area contributed by atoms with E-state index in [1.165, 1.54) is 55.2 Å². The zero-order valence-corrected chi connectivity index (χ0v) is 65.8. The van der Waals surface area contributed by atoms with Gasteiger partial charge in [-0.1, -0.05) is 315 Å². The molecule has 0 fully saturated rings. The van der Waals surface area contributed by atoms with Crippen molar-refractivity contribution in [1.29, 1.82) is 0 Å². The molecule has 120 heavy (non-hydrogen) atoms. The molecule has 0 amide bonds. The van der Waals surface area contributed by atoms with Crippen molar-refractivity contribution in [3.05, 3.63) is 516 Å². The van der Waals surface area contributed by atoms with E-state index in [9.17, 15) is 0 Å². The third-order valence-corrected chi connectivity index (χ3v) is 19.3. The van der Waals surface area contributed by atoms with Crippen LogP contribution in [0.5, 0.6) is 0 Å². The van der Waals surface area contributed by atoms with Crippen molar-refractivity contribution in [3.8, 4) is 68.3 Å². The number of aromatic nitrogens is 11. The molecule has 0 unspecified atom stereocenters. The van der Waals surface area contributed by atoms with Crippen LogP contribution in [0, 0.1) is 0 Å². The van der Waals surface area contributed by atoms with Gasteiger partial charge >= 0.3 is 0 Å². The lowest BCUT2D eigenvalue weighted by molar-refractivity contribution is 0.787. The van der Waals surface area contributed by atoms with Crippen LogP contribution in [0.15, 0.2) is 505 Å². The van der Waals surface area contributed by atoms with Crippen molar-refractivity contribution < 1.29 is 0 Å². The molecule has 22 rings (SSSR count). The van der Waals surface area contributed by atoms with Crippen molar-refractivity contribution in [1.82, 2.24) is 74.3 Å². The average Bonchev–Trinajstić information content (AvgIpc) is 1.61. The van der Waals surface area contributed by atoms with Crippen LogP contribution in [0.1, 0.15) is 11.1 Å². The van der Waals surface area contributed by atoms with Gasteiger partial charge in [-0.05, 0) is 138 Å². The Morgan fingerprint density at radius 3 is 0.983 bits per heavy atom. The fraction of sp³-hybridized carbons (Fsp3) is 0. The standard InChI is InChI=1S/C18H13N.2C15H12N2.C14H11N3.C14H11N.2C10H10N2.C9H8N2/c1-2-8-14(9-3-1)19-17-12-6-4-10-15(17)16-11-5-7-13-18(16)19;2*1-3-7-13(8-4-1)15-16-11-12-17(15)14-9-5-2-6-10-14;1-3-7-12(8-4-1)14-16-15-11-17(14)13-9-5-2-6-10-13;1-2-7-13(8-3-1)15-11-10-12-6-4-5-9-14(12)15;2*1-2-5-9(6-3-1)10-7-4-8-11-12-10;1-2-4-9(5-3-1)11-7-6-10-8-11/h1-13H;2*1-12H;1-11H;1-11H;2*1-8,11-12H;1-8H. The SMILES string of the molecule is C1=CNNC(c2ccccc2)=C1.C1=CNNC(c2ccccc2)=C1.c1ccc(-c2nccn2-c2ccccc2)cc1.c1ccc(-c2nccn2-c2ccccc2)cc1.c1ccc(-c2nncn2-c2ccccc2)cc1.c1ccc(-n2c3ccccc3c3ccccc32)cc1.c1ccc(-n2ccc3ccccc32)cc1.c1ccc(-n2ccnc2)cc1. The van der Waals surface area contributed by atoms with E-state index in [0.717, 1.165) is 68.3 Å². The molecule has 15 nitrogen and oxygen atoms in total. The summed E-state index contributed by atoms with van der Waals surface area (Å²) >= 11 is 0. The van der Waals surface area contributed by atoms with E-state index < -0.39 is 0 Å². The first kappa shape index (κ1) is 78.6. The predicted octanol–water partition coefficient (Wildman–Crippen LogP) is 23.6. The van der Waals surface area contributed by atoms with Crippen LogP contribution < -0.4 is 21.7 Å². The van der Waals surface area contributed by atoms with E-state index in [1.54, 1.807) is 18.9 Å². The molecule has 0 radical (unpaired) electrons. The van der Waals surface area contributed by atoms with E-state index in [-0.39, 0.29) is 0 Å². The summed E-state index contributed by atoms with van der Waals surface area (Å²) in [5.74, 6) is 2.80. The molecular weight excluding hydrogens is 1470 g/mol. The number of hydrazine groups is 2. The van der Waals surface area contributed by atoms with Gasteiger partial charge in [0.1, 0.15) is 18.0 Å². The van der Waals surface area contributed by atoms with Crippen LogP contribution in [-0.2, 0) is 0 Å². The van der Waals surface area contributed by atoms with Crippen molar-refractivity contribution >= 4 is 44.1 Å². The Labute approximate surface area is 698 Å². The zero-order valence-electron chi connectivity index (χ0n) is 65.8. The molecule has 20 aromatic rings. The lowest BCUT2D eigenvalue weighted by atomic mass is 10.1. The number of nitrogens with zero attached hydrogens (tertiary/aromatic N) is 11. The number of hydrogen-bond acceptors (Lipinski definition) is 9. The second kappa shape index (κ2) is 41.4. The molecule has 0 bridgehead atoms. The van der Waals surface area contributed by atoms with Gasteiger partial charge in [0.2, 0.25) is 0 Å². The van der Waals surface area contributed by atoms with Gasteiger partial charge in [-0.25, -0.2) is 15.0 Å². The molecule has 2 aliphatic heterocycles. The summed E-state index contributed by atoms with van der Waals surface area (Å²) in [7, 11) is 0. The maximum Gasteiger partial charge on any atom is 0.168 e. The van der Waals surface area contributed by atoms with Crippen LogP contribution >= 0.6 is 0 Å². The van der Waals surface area contributed by atoms with Gasteiger partial charge in [0.05, 0.1) is 34.3 Å². The van der Waals surface area contributed by atoms with Gasteiger partial charge in [0.15, 0.2) is 5.82 Å². The Morgan fingerprint density at radius 2 is 0.583 bits per heavy atom. The summed E-state index contributed by atoms with van der Waals surface area (Å²) in [6.07, 6.45) is 28.7. The highest BCUT2D eigenvalue weighted by atomic mass is 15.4. The van der Waals surface area contributed by atoms with E-state index in [4.69, 9.17) is 0 Å². The highest BCUT2D eigenvalue weighted by Gasteiger charge is 2.13. The van der Waals surface area contributed by atoms with Crippen LogP contribution in [0.4, 0.5) is 0 Å². The second-order valence-electron chi connectivity index (χ2n) is 27.1. The smallest absolute Gasteiger partial charge is 0.168 e.